The highest BCUT2D eigenvalue weighted by atomic mass is 32.2. The van der Waals surface area contributed by atoms with Crippen LogP contribution in [-0.4, -0.2) is 33.6 Å². The number of amides is 2. The summed E-state index contributed by atoms with van der Waals surface area (Å²) in [5, 5.41) is 9.51. The van der Waals surface area contributed by atoms with Gasteiger partial charge in [0.1, 0.15) is 5.76 Å². The number of thioether (sulfide) groups is 1. The number of carbonyl (C=O) groups excluding carboxylic acids is 2. The fraction of sp³-hybridized carbons (Fsp3) is 0.333. The summed E-state index contributed by atoms with van der Waals surface area (Å²) >= 11 is 6.31. The molecule has 2 aromatic rings. The van der Waals surface area contributed by atoms with E-state index in [0.29, 0.717) is 17.5 Å². The number of rotatable bonds is 7. The lowest BCUT2D eigenvalue weighted by molar-refractivity contribution is -0.119. The third-order valence-corrected chi connectivity index (χ3v) is 4.65. The van der Waals surface area contributed by atoms with Crippen molar-refractivity contribution in [2.24, 2.45) is 0 Å². The van der Waals surface area contributed by atoms with Gasteiger partial charge >= 0.3 is 0 Å². The molecule has 0 saturated heterocycles. The zero-order valence-electron chi connectivity index (χ0n) is 15.9. The number of hydrogen-bond acceptors (Lipinski definition) is 6. The van der Waals surface area contributed by atoms with Crippen LogP contribution >= 0.6 is 24.0 Å². The van der Waals surface area contributed by atoms with Gasteiger partial charge in [-0.25, -0.2) is 0 Å². The first-order valence-electron chi connectivity index (χ1n) is 8.60. The predicted molar refractivity (Wildman–Crippen MR) is 115 cm³/mol. The number of aryl methyl sites for hydroxylation is 1. The second-order valence-electron chi connectivity index (χ2n) is 6.27. The van der Waals surface area contributed by atoms with E-state index < -0.39 is 0 Å². The summed E-state index contributed by atoms with van der Waals surface area (Å²) in [6, 6.07) is 9.52. The van der Waals surface area contributed by atoms with E-state index in [1.165, 1.54) is 17.3 Å². The van der Waals surface area contributed by atoms with Gasteiger partial charge in [0.25, 0.3) is 0 Å². The van der Waals surface area contributed by atoms with E-state index in [2.05, 4.69) is 40.5 Å². The van der Waals surface area contributed by atoms with Crippen LogP contribution in [0, 0.1) is 6.92 Å². The smallest absolute Gasteiger partial charge is 0.248 e. The van der Waals surface area contributed by atoms with E-state index >= 15 is 0 Å². The largest absolute Gasteiger partial charge is 0.360 e. The van der Waals surface area contributed by atoms with Crippen LogP contribution in [-0.2, 0) is 9.59 Å². The Kier molecular flexibility index (Phi) is 8.27. The molecule has 0 unspecified atom stereocenters. The van der Waals surface area contributed by atoms with E-state index in [1.54, 1.807) is 13.0 Å². The van der Waals surface area contributed by atoms with Crippen LogP contribution in [0.5, 0.6) is 0 Å². The second-order valence-corrected chi connectivity index (χ2v) is 7.66. The number of thiocarbonyl (C=S) groups is 1. The van der Waals surface area contributed by atoms with Gasteiger partial charge in [-0.05, 0) is 42.8 Å². The topological polar surface area (TPSA) is 108 Å². The number of hydrogen-bond donors (Lipinski definition) is 4. The molecule has 150 valence electrons. The van der Waals surface area contributed by atoms with Gasteiger partial charge in [-0.3, -0.25) is 20.4 Å². The molecule has 0 radical (unpaired) electrons. The Morgan fingerprint density at radius 3 is 2.39 bits per heavy atom. The number of anilines is 2. The Morgan fingerprint density at radius 1 is 1.11 bits per heavy atom. The molecule has 2 amide bonds. The lowest BCUT2D eigenvalue weighted by atomic mass is 10.0. The van der Waals surface area contributed by atoms with Crippen LogP contribution in [0.4, 0.5) is 11.5 Å². The SMILES string of the molecule is Cc1cc(NC(=O)CSCC(=O)NNC(=S)Nc2ccc(C(C)C)cc2)no1. The van der Waals surface area contributed by atoms with E-state index in [1.807, 2.05) is 24.3 Å². The molecule has 10 heteroatoms. The van der Waals surface area contributed by atoms with Crippen molar-refractivity contribution < 1.29 is 14.1 Å². The van der Waals surface area contributed by atoms with Gasteiger partial charge < -0.3 is 15.2 Å². The van der Waals surface area contributed by atoms with Crippen LogP contribution in [0.1, 0.15) is 31.1 Å². The molecule has 0 atom stereocenters. The van der Waals surface area contributed by atoms with E-state index in [4.69, 9.17) is 16.7 Å². The lowest BCUT2D eigenvalue weighted by Gasteiger charge is -2.12. The summed E-state index contributed by atoms with van der Waals surface area (Å²) in [7, 11) is 0. The molecule has 28 heavy (non-hydrogen) atoms. The molecular formula is C18H23N5O3S2. The molecule has 4 N–H and O–H groups in total. The van der Waals surface area contributed by atoms with Crippen molar-refractivity contribution in [1.82, 2.24) is 16.0 Å². The van der Waals surface area contributed by atoms with Crippen LogP contribution in [0.3, 0.4) is 0 Å². The summed E-state index contributed by atoms with van der Waals surface area (Å²) in [4.78, 5) is 23.6. The molecule has 2 rings (SSSR count). The average Bonchev–Trinajstić information content (AvgIpc) is 3.05. The highest BCUT2D eigenvalue weighted by Gasteiger charge is 2.09. The molecule has 0 aliphatic heterocycles. The van der Waals surface area contributed by atoms with E-state index in [0.717, 1.165) is 5.69 Å². The molecule has 1 aromatic carbocycles. The summed E-state index contributed by atoms with van der Waals surface area (Å²) in [5.41, 5.74) is 7.18. The summed E-state index contributed by atoms with van der Waals surface area (Å²) in [6.45, 7) is 5.98. The van der Waals surface area contributed by atoms with Gasteiger partial charge in [0.2, 0.25) is 11.8 Å². The Morgan fingerprint density at radius 2 is 1.79 bits per heavy atom. The standard InChI is InChI=1S/C18H23N5O3S2/c1-11(2)13-4-6-14(7-5-13)19-18(27)22-21-17(25)10-28-9-16(24)20-15-8-12(3)26-23-15/h4-8,11H,9-10H2,1-3H3,(H,21,25)(H2,19,22,27)(H,20,23,24). The van der Waals surface area contributed by atoms with Crippen molar-refractivity contribution in [2.75, 3.05) is 22.1 Å². The van der Waals surface area contributed by atoms with Crippen molar-refractivity contribution in [1.29, 1.82) is 0 Å². The molecule has 0 bridgehead atoms. The number of aromatic nitrogens is 1. The fourth-order valence-electron chi connectivity index (χ4n) is 2.12. The first-order chi connectivity index (χ1) is 13.3. The number of benzene rings is 1. The fourth-order valence-corrected chi connectivity index (χ4v) is 2.90. The third kappa shape index (κ3) is 7.57. The summed E-state index contributed by atoms with van der Waals surface area (Å²) in [5.74, 6) is 1.07. The summed E-state index contributed by atoms with van der Waals surface area (Å²) in [6.07, 6.45) is 0. The Hall–Kier alpha value is -2.59. The van der Waals surface area contributed by atoms with Crippen LogP contribution in [0.2, 0.25) is 0 Å². The molecule has 0 spiro atoms. The number of carbonyl (C=O) groups is 2. The first-order valence-corrected chi connectivity index (χ1v) is 10.2. The maximum atomic E-state index is 11.8. The molecule has 8 nitrogen and oxygen atoms in total. The molecule has 0 fully saturated rings. The van der Waals surface area contributed by atoms with Crippen LogP contribution in [0.15, 0.2) is 34.9 Å². The van der Waals surface area contributed by atoms with Crippen LogP contribution in [0.25, 0.3) is 0 Å². The monoisotopic (exact) mass is 421 g/mol. The summed E-state index contributed by atoms with van der Waals surface area (Å²) < 4.78 is 4.86. The third-order valence-electron chi connectivity index (χ3n) is 3.51. The van der Waals surface area contributed by atoms with Crippen molar-refractivity contribution >= 4 is 52.4 Å². The predicted octanol–water partition coefficient (Wildman–Crippen LogP) is 2.80. The molecule has 0 saturated carbocycles. The van der Waals surface area contributed by atoms with Gasteiger partial charge in [0.15, 0.2) is 10.9 Å². The minimum Gasteiger partial charge on any atom is -0.360 e. The molecule has 0 aliphatic carbocycles. The van der Waals surface area contributed by atoms with Gasteiger partial charge in [-0.15, -0.1) is 11.8 Å². The van der Waals surface area contributed by atoms with Crippen LogP contribution < -0.4 is 21.5 Å². The first kappa shape index (κ1) is 21.7. The maximum Gasteiger partial charge on any atom is 0.248 e. The number of nitrogens with one attached hydrogen (secondary N) is 4. The van der Waals surface area contributed by atoms with Gasteiger partial charge in [0, 0.05) is 11.8 Å². The molecule has 1 aromatic heterocycles. The maximum absolute atomic E-state index is 11.8. The van der Waals surface area contributed by atoms with Crippen molar-refractivity contribution in [3.05, 3.63) is 41.7 Å². The minimum absolute atomic E-state index is 0.101. The Balaban J connectivity index is 1.62. The highest BCUT2D eigenvalue weighted by Crippen LogP contribution is 2.17. The zero-order valence-corrected chi connectivity index (χ0v) is 17.5. The number of nitrogens with zero attached hydrogens (tertiary/aromatic N) is 1. The van der Waals surface area contributed by atoms with Crippen molar-refractivity contribution in [3.8, 4) is 0 Å². The van der Waals surface area contributed by atoms with E-state index in [9.17, 15) is 9.59 Å². The van der Waals surface area contributed by atoms with Crippen molar-refractivity contribution in [2.45, 2.75) is 26.7 Å². The highest BCUT2D eigenvalue weighted by molar-refractivity contribution is 8.00. The zero-order chi connectivity index (χ0) is 20.5. The van der Waals surface area contributed by atoms with Gasteiger partial charge in [0.05, 0.1) is 11.5 Å². The van der Waals surface area contributed by atoms with E-state index in [-0.39, 0.29) is 28.4 Å². The van der Waals surface area contributed by atoms with Crippen molar-refractivity contribution in [3.63, 3.8) is 0 Å². The van der Waals surface area contributed by atoms with Gasteiger partial charge in [-0.1, -0.05) is 31.1 Å². The van der Waals surface area contributed by atoms with Gasteiger partial charge in [-0.2, -0.15) is 0 Å². The second kappa shape index (κ2) is 10.7. The molecular weight excluding hydrogens is 398 g/mol. The average molecular weight is 422 g/mol. The molecule has 0 aliphatic rings. The normalized spacial score (nSPS) is 10.4. The Bertz CT molecular complexity index is 821. The Labute approximate surface area is 173 Å². The molecule has 1 heterocycles. The number of hydrazine groups is 1. The quantitative estimate of drug-likeness (QED) is 0.399. The minimum atomic E-state index is -0.297. The lowest BCUT2D eigenvalue weighted by Crippen LogP contribution is -2.44.